The quantitative estimate of drug-likeness (QED) is 0.716. The van der Waals surface area contributed by atoms with E-state index in [0.717, 1.165) is 16.8 Å². The lowest BCUT2D eigenvalue weighted by molar-refractivity contribution is 0.915. The van der Waals surface area contributed by atoms with Crippen molar-refractivity contribution in [3.8, 4) is 17.2 Å². The number of nitrogens with two attached hydrogens (primary N) is 1. The maximum absolute atomic E-state index is 8.96. The number of nitrogen functional groups attached to an aromatic ring is 1. The maximum atomic E-state index is 8.96. The standard InChI is InChI=1S/C14H11N5/c1-9-12(10-5-3-2-4-6-10)14-17-13(16)11(7-15)8-19(14)18-9/h2-6,8H,1H3,(H2,16,17). The number of fused-ring (bicyclic) bond motifs is 1. The van der Waals surface area contributed by atoms with E-state index in [0.29, 0.717) is 11.2 Å². The van der Waals surface area contributed by atoms with E-state index < -0.39 is 0 Å². The van der Waals surface area contributed by atoms with Gasteiger partial charge in [0.15, 0.2) is 5.65 Å². The van der Waals surface area contributed by atoms with Crippen LogP contribution in [0, 0.1) is 18.3 Å². The highest BCUT2D eigenvalue weighted by molar-refractivity contribution is 5.80. The SMILES string of the molecule is Cc1nn2cc(C#N)c(N)nc2c1-c1ccccc1. The van der Waals surface area contributed by atoms with Gasteiger partial charge < -0.3 is 5.73 Å². The monoisotopic (exact) mass is 249 g/mol. The number of hydrogen-bond acceptors (Lipinski definition) is 4. The Kier molecular flexibility index (Phi) is 2.43. The molecule has 0 bridgehead atoms. The fourth-order valence-electron chi connectivity index (χ4n) is 2.12. The smallest absolute Gasteiger partial charge is 0.165 e. The molecular formula is C14H11N5. The summed E-state index contributed by atoms with van der Waals surface area (Å²) in [6, 6.07) is 11.9. The van der Waals surface area contributed by atoms with Crippen LogP contribution in [0.4, 0.5) is 5.82 Å². The van der Waals surface area contributed by atoms with Gasteiger partial charge in [-0.25, -0.2) is 9.50 Å². The predicted octanol–water partition coefficient (Wildman–Crippen LogP) is 2.16. The molecule has 0 aliphatic rings. The lowest BCUT2D eigenvalue weighted by atomic mass is 10.1. The summed E-state index contributed by atoms with van der Waals surface area (Å²) in [6.45, 7) is 1.92. The fourth-order valence-corrected chi connectivity index (χ4v) is 2.12. The third kappa shape index (κ3) is 1.70. The van der Waals surface area contributed by atoms with Gasteiger partial charge in [0.05, 0.1) is 11.9 Å². The van der Waals surface area contributed by atoms with Crippen LogP contribution < -0.4 is 5.73 Å². The van der Waals surface area contributed by atoms with Gasteiger partial charge in [0.1, 0.15) is 17.5 Å². The molecule has 0 radical (unpaired) electrons. The number of rotatable bonds is 1. The minimum absolute atomic E-state index is 0.229. The molecule has 0 amide bonds. The highest BCUT2D eigenvalue weighted by Gasteiger charge is 2.14. The number of nitrogens with zero attached hydrogens (tertiary/aromatic N) is 4. The second kappa shape index (κ2) is 4.10. The zero-order valence-corrected chi connectivity index (χ0v) is 10.3. The van der Waals surface area contributed by atoms with Crippen molar-refractivity contribution in [3.05, 3.63) is 47.8 Å². The molecule has 5 nitrogen and oxygen atoms in total. The van der Waals surface area contributed by atoms with Crippen molar-refractivity contribution < 1.29 is 0 Å². The minimum Gasteiger partial charge on any atom is -0.382 e. The van der Waals surface area contributed by atoms with Crippen LogP contribution in [0.2, 0.25) is 0 Å². The molecule has 2 N–H and O–H groups in total. The Morgan fingerprint density at radius 3 is 2.68 bits per heavy atom. The normalized spacial score (nSPS) is 10.5. The zero-order valence-electron chi connectivity index (χ0n) is 10.3. The first kappa shape index (κ1) is 11.2. The van der Waals surface area contributed by atoms with Crippen LogP contribution in [0.25, 0.3) is 16.8 Å². The van der Waals surface area contributed by atoms with E-state index in [-0.39, 0.29) is 5.82 Å². The predicted molar refractivity (Wildman–Crippen MR) is 72.3 cm³/mol. The Bertz CT molecular complexity index is 796. The fraction of sp³-hybridized carbons (Fsp3) is 0.0714. The van der Waals surface area contributed by atoms with Crippen molar-refractivity contribution in [2.24, 2.45) is 0 Å². The Labute approximate surface area is 109 Å². The molecule has 3 aromatic rings. The minimum atomic E-state index is 0.229. The summed E-state index contributed by atoms with van der Waals surface area (Å²) in [4.78, 5) is 4.30. The highest BCUT2D eigenvalue weighted by Crippen LogP contribution is 2.27. The van der Waals surface area contributed by atoms with Gasteiger partial charge in [-0.3, -0.25) is 0 Å². The average molecular weight is 249 g/mol. The van der Waals surface area contributed by atoms with Crippen molar-refractivity contribution >= 4 is 11.5 Å². The number of benzene rings is 1. The van der Waals surface area contributed by atoms with Crippen LogP contribution in [0.3, 0.4) is 0 Å². The molecule has 0 fully saturated rings. The molecule has 2 heterocycles. The molecule has 0 saturated carbocycles. The van der Waals surface area contributed by atoms with Crippen LogP contribution in [-0.2, 0) is 0 Å². The van der Waals surface area contributed by atoms with Crippen molar-refractivity contribution in [2.45, 2.75) is 6.92 Å². The summed E-state index contributed by atoms with van der Waals surface area (Å²) in [7, 11) is 0. The molecule has 5 heteroatoms. The second-order valence-electron chi connectivity index (χ2n) is 4.25. The van der Waals surface area contributed by atoms with Crippen LogP contribution in [0.15, 0.2) is 36.5 Å². The van der Waals surface area contributed by atoms with Gasteiger partial charge in [0.25, 0.3) is 0 Å². The first-order chi connectivity index (χ1) is 9.20. The van der Waals surface area contributed by atoms with Gasteiger partial charge in [0.2, 0.25) is 0 Å². The molecule has 0 saturated heterocycles. The third-order valence-corrected chi connectivity index (χ3v) is 3.00. The second-order valence-corrected chi connectivity index (χ2v) is 4.25. The van der Waals surface area contributed by atoms with E-state index >= 15 is 0 Å². The Morgan fingerprint density at radius 1 is 1.26 bits per heavy atom. The lowest BCUT2D eigenvalue weighted by Crippen LogP contribution is -2.00. The topological polar surface area (TPSA) is 80.0 Å². The molecule has 3 rings (SSSR count). The number of nitriles is 1. The molecule has 92 valence electrons. The molecule has 1 aromatic carbocycles. The highest BCUT2D eigenvalue weighted by atomic mass is 15.3. The van der Waals surface area contributed by atoms with E-state index in [1.165, 1.54) is 0 Å². The van der Waals surface area contributed by atoms with Crippen molar-refractivity contribution in [1.82, 2.24) is 14.6 Å². The van der Waals surface area contributed by atoms with Crippen LogP contribution in [0.1, 0.15) is 11.3 Å². The molecule has 0 unspecified atom stereocenters. The first-order valence-corrected chi connectivity index (χ1v) is 5.81. The average Bonchev–Trinajstić information content (AvgIpc) is 2.74. The summed E-state index contributed by atoms with van der Waals surface area (Å²) >= 11 is 0. The molecular weight excluding hydrogens is 238 g/mol. The van der Waals surface area contributed by atoms with E-state index in [4.69, 9.17) is 11.0 Å². The number of hydrogen-bond donors (Lipinski definition) is 1. The summed E-state index contributed by atoms with van der Waals surface area (Å²) < 4.78 is 1.60. The Hall–Kier alpha value is -2.87. The van der Waals surface area contributed by atoms with Crippen molar-refractivity contribution in [3.63, 3.8) is 0 Å². The van der Waals surface area contributed by atoms with E-state index in [9.17, 15) is 0 Å². The van der Waals surface area contributed by atoms with Crippen molar-refractivity contribution in [1.29, 1.82) is 5.26 Å². The van der Waals surface area contributed by atoms with Gasteiger partial charge in [0, 0.05) is 5.56 Å². The number of anilines is 1. The number of aromatic nitrogens is 3. The Morgan fingerprint density at radius 2 is 2.00 bits per heavy atom. The van der Waals surface area contributed by atoms with Gasteiger partial charge in [-0.1, -0.05) is 30.3 Å². The zero-order chi connectivity index (χ0) is 13.4. The molecule has 0 aliphatic heterocycles. The van der Waals surface area contributed by atoms with Crippen molar-refractivity contribution in [2.75, 3.05) is 5.73 Å². The molecule has 0 spiro atoms. The first-order valence-electron chi connectivity index (χ1n) is 5.81. The van der Waals surface area contributed by atoms with Gasteiger partial charge in [-0.05, 0) is 12.5 Å². The van der Waals surface area contributed by atoms with Crippen LogP contribution >= 0.6 is 0 Å². The van der Waals surface area contributed by atoms with Gasteiger partial charge in [-0.15, -0.1) is 0 Å². The molecule has 0 aliphatic carbocycles. The largest absolute Gasteiger partial charge is 0.382 e. The number of aryl methyl sites for hydroxylation is 1. The Balaban J connectivity index is 2.35. The van der Waals surface area contributed by atoms with E-state index in [1.807, 2.05) is 43.3 Å². The molecule has 2 aromatic heterocycles. The molecule has 19 heavy (non-hydrogen) atoms. The molecule has 0 atom stereocenters. The van der Waals surface area contributed by atoms with E-state index in [2.05, 4.69) is 10.1 Å². The van der Waals surface area contributed by atoms with Crippen LogP contribution in [-0.4, -0.2) is 14.6 Å². The summed E-state index contributed by atoms with van der Waals surface area (Å²) in [5, 5.41) is 13.3. The summed E-state index contributed by atoms with van der Waals surface area (Å²) in [5.74, 6) is 0.229. The lowest BCUT2D eigenvalue weighted by Gasteiger charge is -2.01. The van der Waals surface area contributed by atoms with Gasteiger partial charge in [-0.2, -0.15) is 10.4 Å². The van der Waals surface area contributed by atoms with Gasteiger partial charge >= 0.3 is 0 Å². The van der Waals surface area contributed by atoms with E-state index in [1.54, 1.807) is 10.7 Å². The van der Waals surface area contributed by atoms with Crippen LogP contribution in [0.5, 0.6) is 0 Å². The summed E-state index contributed by atoms with van der Waals surface area (Å²) in [5.41, 5.74) is 9.60. The summed E-state index contributed by atoms with van der Waals surface area (Å²) in [6.07, 6.45) is 1.61. The third-order valence-electron chi connectivity index (χ3n) is 3.00. The maximum Gasteiger partial charge on any atom is 0.165 e.